The van der Waals surface area contributed by atoms with Crippen LogP contribution < -0.4 is 5.32 Å². The minimum Gasteiger partial charge on any atom is -0.462 e. The Hall–Kier alpha value is -1.27. The van der Waals surface area contributed by atoms with Crippen molar-refractivity contribution < 1.29 is 14.3 Å². The molecular formula is C12H15BrN2O3. The molecule has 0 amide bonds. The summed E-state index contributed by atoms with van der Waals surface area (Å²) in [5.74, 6) is -0.324. The van der Waals surface area contributed by atoms with E-state index in [0.717, 1.165) is 21.4 Å². The fourth-order valence-electron chi connectivity index (χ4n) is 2.04. The lowest BCUT2D eigenvalue weighted by molar-refractivity contribution is 0.0525. The summed E-state index contributed by atoms with van der Waals surface area (Å²) in [5, 5.41) is 3.07. The van der Waals surface area contributed by atoms with E-state index >= 15 is 0 Å². The van der Waals surface area contributed by atoms with Crippen molar-refractivity contribution >= 4 is 26.4 Å². The SMILES string of the molecule is CCOC(=O)c1c(C)[nH]c2c1C(Br)=CNC2OC. The summed E-state index contributed by atoms with van der Waals surface area (Å²) in [6, 6.07) is 0. The summed E-state index contributed by atoms with van der Waals surface area (Å²) in [5.41, 5.74) is 2.96. The molecule has 0 aliphatic carbocycles. The van der Waals surface area contributed by atoms with Gasteiger partial charge in [-0.3, -0.25) is 0 Å². The first-order valence-electron chi connectivity index (χ1n) is 5.64. The fraction of sp³-hybridized carbons (Fsp3) is 0.417. The second-order valence-electron chi connectivity index (χ2n) is 3.91. The molecule has 5 nitrogen and oxygen atoms in total. The number of methoxy groups -OCH3 is 1. The summed E-state index contributed by atoms with van der Waals surface area (Å²) in [7, 11) is 1.61. The van der Waals surface area contributed by atoms with Crippen molar-refractivity contribution in [3.63, 3.8) is 0 Å². The minimum absolute atomic E-state index is 0.289. The number of aromatic amines is 1. The zero-order valence-corrected chi connectivity index (χ0v) is 12.1. The maximum atomic E-state index is 12.0. The molecule has 0 spiro atoms. The Kier molecular flexibility index (Phi) is 3.77. The van der Waals surface area contributed by atoms with Crippen LogP contribution in [0.1, 0.15) is 40.5 Å². The third-order valence-corrected chi connectivity index (χ3v) is 3.42. The largest absolute Gasteiger partial charge is 0.462 e. The van der Waals surface area contributed by atoms with Gasteiger partial charge in [-0.2, -0.15) is 0 Å². The smallest absolute Gasteiger partial charge is 0.340 e. The number of aryl methyl sites for hydroxylation is 1. The topological polar surface area (TPSA) is 63.4 Å². The second-order valence-corrected chi connectivity index (χ2v) is 4.76. The first-order valence-corrected chi connectivity index (χ1v) is 6.43. The van der Waals surface area contributed by atoms with Crippen molar-refractivity contribution in [1.82, 2.24) is 10.3 Å². The lowest BCUT2D eigenvalue weighted by Crippen LogP contribution is -2.22. The monoisotopic (exact) mass is 314 g/mol. The molecule has 1 atom stereocenters. The standard InChI is InChI=1S/C12H15BrN2O3/c1-4-18-12(16)8-6(2)15-10-9(8)7(13)5-14-11(10)17-3/h5,11,14-15H,4H2,1-3H3. The lowest BCUT2D eigenvalue weighted by Gasteiger charge is -2.21. The quantitative estimate of drug-likeness (QED) is 0.841. The number of H-pyrrole nitrogens is 1. The van der Waals surface area contributed by atoms with E-state index < -0.39 is 0 Å². The number of hydrogen-bond donors (Lipinski definition) is 2. The van der Waals surface area contributed by atoms with E-state index in [1.165, 1.54) is 0 Å². The van der Waals surface area contributed by atoms with Gasteiger partial charge in [-0.1, -0.05) is 0 Å². The normalized spacial score (nSPS) is 17.8. The van der Waals surface area contributed by atoms with Crippen LogP contribution in [-0.2, 0) is 9.47 Å². The molecule has 1 unspecified atom stereocenters. The van der Waals surface area contributed by atoms with Crippen molar-refractivity contribution in [2.45, 2.75) is 20.1 Å². The number of carbonyl (C=O) groups is 1. The Morgan fingerprint density at radius 2 is 2.28 bits per heavy atom. The Morgan fingerprint density at radius 1 is 1.56 bits per heavy atom. The Morgan fingerprint density at radius 3 is 2.89 bits per heavy atom. The summed E-state index contributed by atoms with van der Waals surface area (Å²) < 4.78 is 11.2. The number of esters is 1. The number of aromatic nitrogens is 1. The zero-order chi connectivity index (χ0) is 13.3. The maximum Gasteiger partial charge on any atom is 0.340 e. The third-order valence-electron chi connectivity index (χ3n) is 2.79. The first-order chi connectivity index (χ1) is 8.60. The molecule has 0 aromatic carbocycles. The van der Waals surface area contributed by atoms with Gasteiger partial charge in [-0.05, 0) is 29.8 Å². The zero-order valence-electron chi connectivity index (χ0n) is 10.5. The highest BCUT2D eigenvalue weighted by Crippen LogP contribution is 2.36. The van der Waals surface area contributed by atoms with Gasteiger partial charge >= 0.3 is 5.97 Å². The van der Waals surface area contributed by atoms with Crippen LogP contribution in [0.15, 0.2) is 6.20 Å². The minimum atomic E-state index is -0.324. The molecule has 98 valence electrons. The van der Waals surface area contributed by atoms with Crippen LogP contribution in [-0.4, -0.2) is 24.7 Å². The van der Waals surface area contributed by atoms with Crippen molar-refractivity contribution in [2.24, 2.45) is 0 Å². The molecule has 0 bridgehead atoms. The van der Waals surface area contributed by atoms with Crippen molar-refractivity contribution in [3.8, 4) is 0 Å². The molecule has 0 saturated heterocycles. The molecule has 2 rings (SSSR count). The molecular weight excluding hydrogens is 300 g/mol. The van der Waals surface area contributed by atoms with E-state index in [9.17, 15) is 4.79 Å². The number of nitrogens with one attached hydrogen (secondary N) is 2. The Bertz CT molecular complexity index is 508. The van der Waals surface area contributed by atoms with E-state index in [4.69, 9.17) is 9.47 Å². The van der Waals surface area contributed by atoms with E-state index in [1.54, 1.807) is 20.2 Å². The maximum absolute atomic E-state index is 12.0. The third kappa shape index (κ3) is 2.06. The van der Waals surface area contributed by atoms with Crippen molar-refractivity contribution in [2.75, 3.05) is 13.7 Å². The molecule has 0 radical (unpaired) electrons. The Balaban J connectivity index is 2.54. The molecule has 6 heteroatoms. The van der Waals surface area contributed by atoms with Crippen LogP contribution in [0.25, 0.3) is 4.48 Å². The van der Waals surface area contributed by atoms with Crippen LogP contribution in [0.5, 0.6) is 0 Å². The number of hydrogen-bond acceptors (Lipinski definition) is 4. The van der Waals surface area contributed by atoms with Gasteiger partial charge < -0.3 is 19.8 Å². The van der Waals surface area contributed by atoms with E-state index in [1.807, 2.05) is 6.92 Å². The van der Waals surface area contributed by atoms with Crippen LogP contribution in [0, 0.1) is 6.92 Å². The lowest BCUT2D eigenvalue weighted by atomic mass is 10.1. The molecule has 1 aliphatic rings. The number of halogens is 1. The average molecular weight is 315 g/mol. The predicted molar refractivity (Wildman–Crippen MR) is 71.3 cm³/mol. The highest BCUT2D eigenvalue weighted by molar-refractivity contribution is 9.15. The van der Waals surface area contributed by atoms with Gasteiger partial charge in [-0.15, -0.1) is 0 Å². The molecule has 1 aromatic rings. The van der Waals surface area contributed by atoms with Gasteiger partial charge in [0.1, 0.15) is 0 Å². The van der Waals surface area contributed by atoms with Gasteiger partial charge in [0, 0.05) is 29.0 Å². The fourth-order valence-corrected chi connectivity index (χ4v) is 2.59. The molecule has 2 heterocycles. The van der Waals surface area contributed by atoms with Crippen molar-refractivity contribution in [3.05, 3.63) is 28.7 Å². The van der Waals surface area contributed by atoms with Crippen LogP contribution >= 0.6 is 15.9 Å². The number of carbonyl (C=O) groups excluding carboxylic acids is 1. The second kappa shape index (κ2) is 5.16. The van der Waals surface area contributed by atoms with Crippen molar-refractivity contribution in [1.29, 1.82) is 0 Å². The molecule has 0 saturated carbocycles. The summed E-state index contributed by atoms with van der Waals surface area (Å²) >= 11 is 3.44. The average Bonchev–Trinajstić information content (AvgIpc) is 2.68. The van der Waals surface area contributed by atoms with Crippen LogP contribution in [0.2, 0.25) is 0 Å². The molecule has 1 aliphatic heterocycles. The number of fused-ring (bicyclic) bond motifs is 1. The first kappa shape index (κ1) is 13.2. The molecule has 0 fully saturated rings. The predicted octanol–water partition coefficient (Wildman–Crippen LogP) is 2.44. The van der Waals surface area contributed by atoms with Gasteiger partial charge in [0.15, 0.2) is 6.23 Å². The van der Waals surface area contributed by atoms with Gasteiger partial charge in [0.2, 0.25) is 0 Å². The van der Waals surface area contributed by atoms with E-state index in [0.29, 0.717) is 12.2 Å². The summed E-state index contributed by atoms with van der Waals surface area (Å²) in [6.45, 7) is 3.99. The highest BCUT2D eigenvalue weighted by atomic mass is 79.9. The number of rotatable bonds is 3. The van der Waals surface area contributed by atoms with E-state index in [2.05, 4.69) is 26.2 Å². The Labute approximate surface area is 114 Å². The van der Waals surface area contributed by atoms with Gasteiger partial charge in [0.25, 0.3) is 0 Å². The van der Waals surface area contributed by atoms with Crippen LogP contribution in [0.4, 0.5) is 0 Å². The van der Waals surface area contributed by atoms with Gasteiger partial charge in [-0.25, -0.2) is 4.79 Å². The van der Waals surface area contributed by atoms with Gasteiger partial charge in [0.05, 0.1) is 17.9 Å². The summed E-state index contributed by atoms with van der Waals surface area (Å²) in [4.78, 5) is 15.2. The molecule has 18 heavy (non-hydrogen) atoms. The number of ether oxygens (including phenoxy) is 2. The van der Waals surface area contributed by atoms with E-state index in [-0.39, 0.29) is 12.2 Å². The molecule has 2 N–H and O–H groups in total. The highest BCUT2D eigenvalue weighted by Gasteiger charge is 2.30. The molecule has 1 aromatic heterocycles. The summed E-state index contributed by atoms with van der Waals surface area (Å²) in [6.07, 6.45) is 1.48. The van der Waals surface area contributed by atoms with Crippen LogP contribution in [0.3, 0.4) is 0 Å².